The highest BCUT2D eigenvalue weighted by Gasteiger charge is 2.56. The molecule has 0 aromatic heterocycles. The molecule has 1 rings (SSSR count). The average Bonchev–Trinajstić information content (AvgIpc) is 2.35. The van der Waals surface area contributed by atoms with E-state index in [2.05, 4.69) is 15.9 Å². The number of carbonyl (C=O) groups is 3. The zero-order chi connectivity index (χ0) is 17.1. The van der Waals surface area contributed by atoms with Crippen LogP contribution in [0.5, 0.6) is 0 Å². The maximum absolute atomic E-state index is 11.4. The molecule has 8 nitrogen and oxygen atoms in total. The predicted molar refractivity (Wildman–Crippen MR) is 76.0 cm³/mol. The normalized spacial score (nSPS) is 34.6. The Labute approximate surface area is 136 Å². The van der Waals surface area contributed by atoms with Gasteiger partial charge < -0.3 is 24.1 Å². The molecule has 0 bridgehead atoms. The molecule has 9 heteroatoms. The van der Waals surface area contributed by atoms with Crippen molar-refractivity contribution in [2.75, 3.05) is 6.61 Å². The van der Waals surface area contributed by atoms with Gasteiger partial charge in [-0.25, -0.2) is 0 Å². The number of esters is 3. The van der Waals surface area contributed by atoms with Gasteiger partial charge in [0.15, 0.2) is 22.8 Å². The fourth-order valence-corrected chi connectivity index (χ4v) is 2.85. The standard InChI is InChI=1S/C13H19BrO8/c1-6(16)19-10-9(5-15)22-13(4,14)12(21-8(3)18)11(10)20-7(2)17/h9-12,15H,5H2,1-4H3/t9-,10-,11+,12-,13+/m1/s1. The van der Waals surface area contributed by atoms with Gasteiger partial charge in [-0.15, -0.1) is 0 Å². The average molecular weight is 383 g/mol. The van der Waals surface area contributed by atoms with Gasteiger partial charge in [0.1, 0.15) is 6.10 Å². The Morgan fingerprint density at radius 1 is 1.05 bits per heavy atom. The molecule has 0 aliphatic carbocycles. The van der Waals surface area contributed by atoms with Gasteiger partial charge in [-0.05, 0) is 6.92 Å². The molecule has 22 heavy (non-hydrogen) atoms. The van der Waals surface area contributed by atoms with Gasteiger partial charge in [-0.2, -0.15) is 0 Å². The number of aliphatic hydroxyl groups excluding tert-OH is 1. The van der Waals surface area contributed by atoms with Crippen LogP contribution < -0.4 is 0 Å². The summed E-state index contributed by atoms with van der Waals surface area (Å²) in [6.07, 6.45) is -4.26. The molecule has 1 fully saturated rings. The van der Waals surface area contributed by atoms with Crippen molar-refractivity contribution in [3.63, 3.8) is 0 Å². The number of aliphatic hydroxyl groups is 1. The lowest BCUT2D eigenvalue weighted by atomic mass is 9.95. The number of halogens is 1. The Bertz CT molecular complexity index is 449. The van der Waals surface area contributed by atoms with Gasteiger partial charge in [0.25, 0.3) is 0 Å². The number of hydrogen-bond donors (Lipinski definition) is 1. The summed E-state index contributed by atoms with van der Waals surface area (Å²) in [4.78, 5) is 33.9. The lowest BCUT2D eigenvalue weighted by Gasteiger charge is -2.47. The summed E-state index contributed by atoms with van der Waals surface area (Å²) in [5.41, 5.74) is 0. The van der Waals surface area contributed by atoms with Crippen LogP contribution in [-0.4, -0.2) is 58.5 Å². The Hall–Kier alpha value is -1.19. The van der Waals surface area contributed by atoms with Crippen LogP contribution in [0.25, 0.3) is 0 Å². The van der Waals surface area contributed by atoms with Crippen LogP contribution in [0.3, 0.4) is 0 Å². The first kappa shape index (κ1) is 18.9. The summed E-state index contributed by atoms with van der Waals surface area (Å²) < 4.78 is 19.8. The molecule has 1 heterocycles. The van der Waals surface area contributed by atoms with E-state index in [4.69, 9.17) is 18.9 Å². The molecule has 1 N–H and O–H groups in total. The monoisotopic (exact) mass is 382 g/mol. The van der Waals surface area contributed by atoms with Gasteiger partial charge >= 0.3 is 17.9 Å². The first-order chi connectivity index (χ1) is 10.1. The van der Waals surface area contributed by atoms with Crippen LogP contribution in [0.4, 0.5) is 0 Å². The lowest BCUT2D eigenvalue weighted by molar-refractivity contribution is -0.255. The molecule has 1 saturated heterocycles. The molecular weight excluding hydrogens is 364 g/mol. The summed E-state index contributed by atoms with van der Waals surface area (Å²) in [5, 5.41) is 9.44. The SMILES string of the molecule is CC(=O)O[C@H]1[C@H](OC(C)=O)[C@@H](CO)O[C@](C)(Br)[C@@H]1OC(C)=O. The fourth-order valence-electron chi connectivity index (χ4n) is 2.25. The topological polar surface area (TPSA) is 108 Å². The van der Waals surface area contributed by atoms with Gasteiger partial charge in [0.05, 0.1) is 6.61 Å². The molecule has 0 amide bonds. The summed E-state index contributed by atoms with van der Waals surface area (Å²) in [6, 6.07) is 0. The molecular formula is C13H19BrO8. The first-order valence-corrected chi connectivity index (χ1v) is 7.37. The van der Waals surface area contributed by atoms with Gasteiger partial charge in [-0.3, -0.25) is 14.4 Å². The summed E-state index contributed by atoms with van der Waals surface area (Å²) in [6.45, 7) is 4.59. The highest BCUT2D eigenvalue weighted by Crippen LogP contribution is 2.39. The molecule has 0 spiro atoms. The molecule has 5 atom stereocenters. The quantitative estimate of drug-likeness (QED) is 0.419. The first-order valence-electron chi connectivity index (χ1n) is 6.57. The third kappa shape index (κ3) is 4.65. The van der Waals surface area contributed by atoms with Crippen molar-refractivity contribution in [1.29, 1.82) is 0 Å². The third-order valence-electron chi connectivity index (χ3n) is 2.96. The van der Waals surface area contributed by atoms with E-state index < -0.39 is 53.4 Å². The Morgan fingerprint density at radius 2 is 1.50 bits per heavy atom. The maximum atomic E-state index is 11.4. The van der Waals surface area contributed by atoms with E-state index in [0.717, 1.165) is 0 Å². The molecule has 126 valence electrons. The van der Waals surface area contributed by atoms with Crippen LogP contribution >= 0.6 is 15.9 Å². The van der Waals surface area contributed by atoms with Crippen molar-refractivity contribution in [1.82, 2.24) is 0 Å². The third-order valence-corrected chi connectivity index (χ3v) is 3.59. The number of hydrogen-bond acceptors (Lipinski definition) is 8. The Balaban J connectivity index is 3.21. The second-order valence-electron chi connectivity index (χ2n) is 5.00. The largest absolute Gasteiger partial charge is 0.456 e. The van der Waals surface area contributed by atoms with Gasteiger partial charge in [-0.1, -0.05) is 15.9 Å². The number of rotatable bonds is 4. The summed E-state index contributed by atoms with van der Waals surface area (Å²) in [7, 11) is 0. The molecule has 1 aliphatic heterocycles. The van der Waals surface area contributed by atoms with Crippen molar-refractivity contribution < 1.29 is 38.4 Å². The smallest absolute Gasteiger partial charge is 0.303 e. The van der Waals surface area contributed by atoms with Crippen molar-refractivity contribution in [2.24, 2.45) is 0 Å². The van der Waals surface area contributed by atoms with E-state index in [9.17, 15) is 19.5 Å². The van der Waals surface area contributed by atoms with Gasteiger partial charge in [0.2, 0.25) is 0 Å². The van der Waals surface area contributed by atoms with Crippen LogP contribution in [0, 0.1) is 0 Å². The van der Waals surface area contributed by atoms with E-state index in [1.807, 2.05) is 0 Å². The zero-order valence-corrected chi connectivity index (χ0v) is 14.3. The molecule has 0 unspecified atom stereocenters. The Kier molecular flexibility index (Phi) is 6.33. The highest BCUT2D eigenvalue weighted by atomic mass is 79.9. The van der Waals surface area contributed by atoms with Gasteiger partial charge in [0, 0.05) is 20.8 Å². The fraction of sp³-hybridized carbons (Fsp3) is 0.769. The van der Waals surface area contributed by atoms with E-state index in [1.54, 1.807) is 6.92 Å². The van der Waals surface area contributed by atoms with Crippen LogP contribution in [0.15, 0.2) is 0 Å². The minimum Gasteiger partial charge on any atom is -0.456 e. The summed E-state index contributed by atoms with van der Waals surface area (Å²) >= 11 is 3.25. The second-order valence-corrected chi connectivity index (χ2v) is 6.58. The molecule has 0 aromatic carbocycles. The minimum atomic E-state index is -1.23. The van der Waals surface area contributed by atoms with E-state index in [0.29, 0.717) is 0 Å². The van der Waals surface area contributed by atoms with Crippen molar-refractivity contribution in [2.45, 2.75) is 56.6 Å². The van der Waals surface area contributed by atoms with E-state index >= 15 is 0 Å². The molecule has 0 radical (unpaired) electrons. The van der Waals surface area contributed by atoms with Crippen molar-refractivity contribution >= 4 is 33.8 Å². The minimum absolute atomic E-state index is 0.482. The van der Waals surface area contributed by atoms with Crippen molar-refractivity contribution in [3.05, 3.63) is 0 Å². The highest BCUT2D eigenvalue weighted by molar-refractivity contribution is 9.10. The van der Waals surface area contributed by atoms with E-state index in [-0.39, 0.29) is 0 Å². The number of ether oxygens (including phenoxy) is 4. The van der Waals surface area contributed by atoms with E-state index in [1.165, 1.54) is 20.8 Å². The predicted octanol–water partition coefficient (Wildman–Crippen LogP) is 0.284. The zero-order valence-electron chi connectivity index (χ0n) is 12.7. The van der Waals surface area contributed by atoms with Crippen LogP contribution in [0.2, 0.25) is 0 Å². The molecule has 0 saturated carbocycles. The van der Waals surface area contributed by atoms with Crippen LogP contribution in [-0.2, 0) is 33.3 Å². The molecule has 1 aliphatic rings. The number of carbonyl (C=O) groups excluding carboxylic acids is 3. The lowest BCUT2D eigenvalue weighted by Crippen LogP contribution is -2.64. The second kappa shape index (κ2) is 7.38. The summed E-state index contributed by atoms with van der Waals surface area (Å²) in [5.74, 6) is -1.93. The van der Waals surface area contributed by atoms with Crippen molar-refractivity contribution in [3.8, 4) is 0 Å². The maximum Gasteiger partial charge on any atom is 0.303 e. The molecule has 0 aromatic rings. The van der Waals surface area contributed by atoms with Crippen LogP contribution in [0.1, 0.15) is 27.7 Å². The number of alkyl halides is 1. The Morgan fingerprint density at radius 3 is 1.91 bits per heavy atom.